The van der Waals surface area contributed by atoms with Gasteiger partial charge in [-0.3, -0.25) is 9.59 Å². The van der Waals surface area contributed by atoms with Crippen LogP contribution in [0.5, 0.6) is 0 Å². The fraction of sp³-hybridized carbons (Fsp3) is 0.111. The average molecular weight is 324 g/mol. The minimum absolute atomic E-state index is 0.0117. The maximum Gasteiger partial charge on any atom is 0.191 e. The van der Waals surface area contributed by atoms with Crippen LogP contribution in [0.3, 0.4) is 0 Å². The molecule has 0 fully saturated rings. The fourth-order valence-corrected chi connectivity index (χ4v) is 4.96. The third-order valence-corrected chi connectivity index (χ3v) is 6.12. The molecule has 2 nitrogen and oxygen atoms in total. The molecule has 0 spiro atoms. The highest BCUT2D eigenvalue weighted by atomic mass is 32.2. The number of ketones is 2. The summed E-state index contributed by atoms with van der Waals surface area (Å²) in [6.45, 7) is 0. The maximum atomic E-state index is 12.7. The van der Waals surface area contributed by atoms with Crippen LogP contribution in [0, 0.1) is 0 Å². The van der Waals surface area contributed by atoms with Crippen molar-refractivity contribution in [1.29, 1.82) is 0 Å². The Balaban J connectivity index is 1.81. The Kier molecular flexibility index (Phi) is 3.43. The van der Waals surface area contributed by atoms with Crippen LogP contribution in [0.15, 0.2) is 69.5 Å². The average Bonchev–Trinajstić information content (AvgIpc) is 2.57. The lowest BCUT2D eigenvalue weighted by molar-refractivity contribution is 0.0996. The largest absolute Gasteiger partial charge is 0.289 e. The van der Waals surface area contributed by atoms with Crippen LogP contribution in [0.4, 0.5) is 0 Å². The Morgan fingerprint density at radius 2 is 1.05 bits per heavy atom. The second kappa shape index (κ2) is 5.45. The molecule has 0 saturated carbocycles. The van der Waals surface area contributed by atoms with Gasteiger partial charge in [-0.15, -0.1) is 23.5 Å². The number of Topliss-reactive ketones (excluding diaryl/α,β-unsaturated/α-hetero) is 2. The molecule has 0 unspecified atom stereocenters. The van der Waals surface area contributed by atoms with Gasteiger partial charge in [0.1, 0.15) is 0 Å². The summed E-state index contributed by atoms with van der Waals surface area (Å²) in [5.74, 6) is 1.19. The second-order valence-electron chi connectivity index (χ2n) is 5.19. The molecule has 2 aliphatic heterocycles. The molecule has 2 aromatic rings. The molecule has 0 aliphatic carbocycles. The first-order chi connectivity index (χ1) is 10.8. The first-order valence-corrected chi connectivity index (χ1v) is 8.98. The lowest BCUT2D eigenvalue weighted by Gasteiger charge is -2.23. The van der Waals surface area contributed by atoms with E-state index in [1.165, 1.54) is 0 Å². The van der Waals surface area contributed by atoms with E-state index in [-0.39, 0.29) is 11.6 Å². The minimum atomic E-state index is 0.0117. The third-order valence-electron chi connectivity index (χ3n) is 3.92. The summed E-state index contributed by atoms with van der Waals surface area (Å²) >= 11 is 3.27. The van der Waals surface area contributed by atoms with Crippen LogP contribution in [-0.4, -0.2) is 23.1 Å². The number of carbonyl (C=O) groups is 2. The van der Waals surface area contributed by atoms with Crippen molar-refractivity contribution in [3.05, 3.63) is 70.8 Å². The summed E-state index contributed by atoms with van der Waals surface area (Å²) < 4.78 is 0. The highest BCUT2D eigenvalue weighted by molar-refractivity contribution is 8.00. The Morgan fingerprint density at radius 1 is 0.636 bits per heavy atom. The van der Waals surface area contributed by atoms with Crippen LogP contribution in [0.1, 0.15) is 20.7 Å². The van der Waals surface area contributed by atoms with Crippen LogP contribution < -0.4 is 0 Å². The standard InChI is InChI=1S/C18H12O2S2/c19-17-11-5-1-3-7-15(11)21-9-13(17)14-10-22-16-8-4-2-6-12(16)18(14)20/h1-8H,9-10H2/b14-13+. The lowest BCUT2D eigenvalue weighted by atomic mass is 9.94. The molecular formula is C18H12O2S2. The van der Waals surface area contributed by atoms with Gasteiger partial charge in [0.05, 0.1) is 0 Å². The van der Waals surface area contributed by atoms with E-state index in [0.29, 0.717) is 22.7 Å². The molecule has 0 atom stereocenters. The third kappa shape index (κ3) is 2.14. The van der Waals surface area contributed by atoms with E-state index in [0.717, 1.165) is 20.9 Å². The number of hydrogen-bond donors (Lipinski definition) is 0. The van der Waals surface area contributed by atoms with E-state index in [1.54, 1.807) is 23.5 Å². The van der Waals surface area contributed by atoms with Gasteiger partial charge < -0.3 is 0 Å². The Labute approximate surface area is 137 Å². The highest BCUT2D eigenvalue weighted by Crippen LogP contribution is 2.38. The summed E-state index contributed by atoms with van der Waals surface area (Å²) in [6.07, 6.45) is 0. The first kappa shape index (κ1) is 13.9. The first-order valence-electron chi connectivity index (χ1n) is 7.01. The smallest absolute Gasteiger partial charge is 0.191 e. The van der Waals surface area contributed by atoms with Crippen molar-refractivity contribution in [2.75, 3.05) is 11.5 Å². The van der Waals surface area contributed by atoms with E-state index in [2.05, 4.69) is 0 Å². The predicted molar refractivity (Wildman–Crippen MR) is 90.0 cm³/mol. The zero-order chi connectivity index (χ0) is 15.1. The number of rotatable bonds is 0. The van der Waals surface area contributed by atoms with Crippen molar-refractivity contribution in [1.82, 2.24) is 0 Å². The topological polar surface area (TPSA) is 34.1 Å². The molecule has 0 aromatic heterocycles. The SMILES string of the molecule is O=C1/C(=C2\CSc3ccccc3C2=O)CSc2ccccc21. The number of carbonyl (C=O) groups excluding carboxylic acids is 2. The molecule has 2 aromatic carbocycles. The van der Waals surface area contributed by atoms with Crippen LogP contribution >= 0.6 is 23.5 Å². The lowest BCUT2D eigenvalue weighted by Crippen LogP contribution is -2.22. The molecule has 0 radical (unpaired) electrons. The molecule has 2 heterocycles. The molecule has 0 N–H and O–H groups in total. The van der Waals surface area contributed by atoms with Crippen LogP contribution in [0.2, 0.25) is 0 Å². The number of fused-ring (bicyclic) bond motifs is 2. The Hall–Kier alpha value is -1.78. The minimum Gasteiger partial charge on any atom is -0.289 e. The summed E-state index contributed by atoms with van der Waals surface area (Å²) in [6, 6.07) is 15.2. The van der Waals surface area contributed by atoms with Crippen LogP contribution in [0.25, 0.3) is 0 Å². The van der Waals surface area contributed by atoms with Gasteiger partial charge >= 0.3 is 0 Å². The molecule has 22 heavy (non-hydrogen) atoms. The maximum absolute atomic E-state index is 12.7. The molecule has 4 heteroatoms. The van der Waals surface area contributed by atoms with Crippen molar-refractivity contribution in [2.45, 2.75) is 9.79 Å². The predicted octanol–water partition coefficient (Wildman–Crippen LogP) is 4.26. The molecule has 108 valence electrons. The van der Waals surface area contributed by atoms with E-state index in [4.69, 9.17) is 0 Å². The van der Waals surface area contributed by atoms with Gasteiger partial charge in [-0.05, 0) is 24.3 Å². The van der Waals surface area contributed by atoms with Crippen molar-refractivity contribution in [3.63, 3.8) is 0 Å². The fourth-order valence-electron chi connectivity index (χ4n) is 2.76. The number of hydrogen-bond acceptors (Lipinski definition) is 4. The van der Waals surface area contributed by atoms with E-state index < -0.39 is 0 Å². The Bertz CT molecular complexity index is 767. The van der Waals surface area contributed by atoms with Crippen molar-refractivity contribution in [2.24, 2.45) is 0 Å². The van der Waals surface area contributed by atoms with Crippen LogP contribution in [-0.2, 0) is 0 Å². The molecule has 4 rings (SSSR count). The van der Waals surface area contributed by atoms with Gasteiger partial charge in [0.15, 0.2) is 11.6 Å². The van der Waals surface area contributed by atoms with E-state index in [1.807, 2.05) is 48.5 Å². The van der Waals surface area contributed by atoms with Gasteiger partial charge in [-0.25, -0.2) is 0 Å². The highest BCUT2D eigenvalue weighted by Gasteiger charge is 2.31. The monoisotopic (exact) mass is 324 g/mol. The van der Waals surface area contributed by atoms with Gasteiger partial charge in [-0.2, -0.15) is 0 Å². The normalized spacial score (nSPS) is 20.5. The van der Waals surface area contributed by atoms with Gasteiger partial charge in [0.2, 0.25) is 0 Å². The van der Waals surface area contributed by atoms with Crippen molar-refractivity contribution in [3.8, 4) is 0 Å². The summed E-state index contributed by atoms with van der Waals surface area (Å²) in [7, 11) is 0. The second-order valence-corrected chi connectivity index (χ2v) is 7.22. The van der Waals surface area contributed by atoms with E-state index in [9.17, 15) is 9.59 Å². The molecule has 2 aliphatic rings. The summed E-state index contributed by atoms with van der Waals surface area (Å²) in [5, 5.41) is 0. The molecule has 0 saturated heterocycles. The van der Waals surface area contributed by atoms with Crippen molar-refractivity contribution >= 4 is 35.1 Å². The molecular weight excluding hydrogens is 312 g/mol. The van der Waals surface area contributed by atoms with Gasteiger partial charge in [0, 0.05) is 43.6 Å². The Morgan fingerprint density at radius 3 is 1.50 bits per heavy atom. The number of thioether (sulfide) groups is 2. The van der Waals surface area contributed by atoms with E-state index >= 15 is 0 Å². The summed E-state index contributed by atoms with van der Waals surface area (Å²) in [5.41, 5.74) is 2.79. The van der Waals surface area contributed by atoms with Crippen molar-refractivity contribution < 1.29 is 9.59 Å². The summed E-state index contributed by atoms with van der Waals surface area (Å²) in [4.78, 5) is 27.5. The zero-order valence-electron chi connectivity index (χ0n) is 11.7. The zero-order valence-corrected chi connectivity index (χ0v) is 13.3. The quantitative estimate of drug-likeness (QED) is 0.678. The van der Waals surface area contributed by atoms with Gasteiger partial charge in [0.25, 0.3) is 0 Å². The van der Waals surface area contributed by atoms with Gasteiger partial charge in [-0.1, -0.05) is 24.3 Å². The molecule has 0 amide bonds. The molecule has 0 bridgehead atoms. The number of benzene rings is 2.